The standard InChI is InChI=1S/C21H23F3N2O3.C6H5F/c1-14(26-11-10-18(3-2-12-27)29-20(26)28)15-4-6-16(7-5-15)19-9-8-17(13-25-19)21(22,23)24;7-6-4-2-1-3-5-6/h4-9,13-14,18,27H,2-3,10-12H2,1H3;1-5H. The number of halogens is 4. The molecule has 0 radical (unpaired) electrons. The maximum atomic E-state index is 12.7. The van der Waals surface area contributed by atoms with Crippen LogP contribution in [0.5, 0.6) is 0 Å². The van der Waals surface area contributed by atoms with E-state index in [0.29, 0.717) is 37.1 Å². The predicted octanol–water partition coefficient (Wildman–Crippen LogP) is 6.64. The number of nitrogens with zero attached hydrogens (tertiary/aromatic N) is 2. The minimum Gasteiger partial charge on any atom is -0.446 e. The fourth-order valence-corrected chi connectivity index (χ4v) is 3.78. The Hall–Kier alpha value is -3.46. The van der Waals surface area contributed by atoms with E-state index in [9.17, 15) is 22.4 Å². The third kappa shape index (κ3) is 7.52. The van der Waals surface area contributed by atoms with Gasteiger partial charge in [0.1, 0.15) is 11.9 Å². The maximum absolute atomic E-state index is 12.7. The Labute approximate surface area is 207 Å². The number of aliphatic hydroxyl groups excluding tert-OH is 1. The fourth-order valence-electron chi connectivity index (χ4n) is 3.78. The second kappa shape index (κ2) is 12.5. The highest BCUT2D eigenvalue weighted by atomic mass is 19.4. The summed E-state index contributed by atoms with van der Waals surface area (Å²) in [6.07, 6.45) is -2.16. The molecular weight excluding hydrogens is 476 g/mol. The lowest BCUT2D eigenvalue weighted by molar-refractivity contribution is -0.137. The van der Waals surface area contributed by atoms with Crippen LogP contribution in [-0.2, 0) is 10.9 Å². The third-order valence-electron chi connectivity index (χ3n) is 5.86. The van der Waals surface area contributed by atoms with Gasteiger partial charge in [0.25, 0.3) is 0 Å². The molecule has 9 heteroatoms. The van der Waals surface area contributed by atoms with E-state index in [2.05, 4.69) is 4.98 Å². The molecular formula is C27H28F4N2O3. The van der Waals surface area contributed by atoms with Crippen LogP contribution in [0.4, 0.5) is 22.4 Å². The highest BCUT2D eigenvalue weighted by Crippen LogP contribution is 2.31. The summed E-state index contributed by atoms with van der Waals surface area (Å²) in [7, 11) is 0. The van der Waals surface area contributed by atoms with Crippen LogP contribution in [0.25, 0.3) is 11.3 Å². The van der Waals surface area contributed by atoms with Crippen molar-refractivity contribution in [2.45, 2.75) is 44.5 Å². The largest absolute Gasteiger partial charge is 0.446 e. The molecule has 4 rings (SSSR count). The number of benzene rings is 2. The molecule has 3 aromatic rings. The number of ether oxygens (including phenoxy) is 1. The van der Waals surface area contributed by atoms with Gasteiger partial charge in [0.2, 0.25) is 0 Å². The Morgan fingerprint density at radius 3 is 2.28 bits per heavy atom. The SMILES string of the molecule is CC(c1ccc(-c2ccc(C(F)(F)F)cn2)cc1)N1CCC(CCCO)OC1=O.Fc1ccccc1. The summed E-state index contributed by atoms with van der Waals surface area (Å²) in [5.74, 6) is -0.178. The molecule has 1 aliphatic heterocycles. The first-order valence-electron chi connectivity index (χ1n) is 11.6. The average molecular weight is 505 g/mol. The summed E-state index contributed by atoms with van der Waals surface area (Å²) in [5, 5.41) is 8.90. The Kier molecular flexibility index (Phi) is 9.41. The van der Waals surface area contributed by atoms with Crippen LogP contribution in [0, 0.1) is 5.82 Å². The second-order valence-electron chi connectivity index (χ2n) is 8.38. The summed E-state index contributed by atoms with van der Waals surface area (Å²) in [4.78, 5) is 17.9. The molecule has 1 amide bonds. The number of carbonyl (C=O) groups is 1. The molecule has 0 bridgehead atoms. The molecule has 5 nitrogen and oxygen atoms in total. The van der Waals surface area contributed by atoms with E-state index < -0.39 is 11.7 Å². The highest BCUT2D eigenvalue weighted by molar-refractivity contribution is 5.69. The quantitative estimate of drug-likeness (QED) is 0.383. The van der Waals surface area contributed by atoms with Crippen LogP contribution in [0.1, 0.15) is 43.4 Å². The first-order chi connectivity index (χ1) is 17.2. The topological polar surface area (TPSA) is 62.7 Å². The minimum absolute atomic E-state index is 0.0777. The molecule has 0 aliphatic carbocycles. The zero-order valence-corrected chi connectivity index (χ0v) is 19.8. The molecule has 0 spiro atoms. The van der Waals surface area contributed by atoms with Crippen LogP contribution < -0.4 is 0 Å². The Balaban J connectivity index is 0.000000444. The van der Waals surface area contributed by atoms with Crippen LogP contribution in [0.2, 0.25) is 0 Å². The summed E-state index contributed by atoms with van der Waals surface area (Å²) in [5.41, 5.74) is 1.25. The molecule has 1 aromatic heterocycles. The molecule has 0 saturated carbocycles. The van der Waals surface area contributed by atoms with Crippen LogP contribution >= 0.6 is 0 Å². The van der Waals surface area contributed by atoms with E-state index in [1.807, 2.05) is 19.1 Å². The van der Waals surface area contributed by atoms with Gasteiger partial charge in [-0.1, -0.05) is 42.5 Å². The zero-order valence-electron chi connectivity index (χ0n) is 19.8. The number of pyridine rings is 1. The van der Waals surface area contributed by atoms with Gasteiger partial charge >= 0.3 is 12.3 Å². The van der Waals surface area contributed by atoms with Crippen molar-refractivity contribution in [2.24, 2.45) is 0 Å². The second-order valence-corrected chi connectivity index (χ2v) is 8.38. The van der Waals surface area contributed by atoms with Crippen molar-refractivity contribution in [3.63, 3.8) is 0 Å². The van der Waals surface area contributed by atoms with Crippen molar-refractivity contribution in [3.8, 4) is 11.3 Å². The van der Waals surface area contributed by atoms with Crippen molar-refractivity contribution in [1.29, 1.82) is 0 Å². The van der Waals surface area contributed by atoms with Gasteiger partial charge in [-0.25, -0.2) is 9.18 Å². The number of carbonyl (C=O) groups excluding carboxylic acids is 1. The number of cyclic esters (lactones) is 1. The summed E-state index contributed by atoms with van der Waals surface area (Å²) < 4.78 is 55.3. The Morgan fingerprint density at radius 2 is 1.78 bits per heavy atom. The van der Waals surface area contributed by atoms with E-state index in [1.54, 1.807) is 35.2 Å². The van der Waals surface area contributed by atoms with Gasteiger partial charge in [-0.2, -0.15) is 13.2 Å². The van der Waals surface area contributed by atoms with Gasteiger partial charge in [0, 0.05) is 31.3 Å². The molecule has 2 atom stereocenters. The Bertz CT molecular complexity index is 1090. The van der Waals surface area contributed by atoms with E-state index >= 15 is 0 Å². The molecule has 2 aromatic carbocycles. The van der Waals surface area contributed by atoms with Crippen molar-refractivity contribution < 1.29 is 32.2 Å². The number of aliphatic hydroxyl groups is 1. The van der Waals surface area contributed by atoms with Gasteiger partial charge < -0.3 is 14.7 Å². The molecule has 1 aliphatic rings. The molecule has 2 heterocycles. The number of aromatic nitrogens is 1. The summed E-state index contributed by atoms with van der Waals surface area (Å²) in [6, 6.07) is 17.3. The molecule has 1 saturated heterocycles. The third-order valence-corrected chi connectivity index (χ3v) is 5.86. The molecule has 192 valence electrons. The van der Waals surface area contributed by atoms with Crippen molar-refractivity contribution >= 4 is 6.09 Å². The molecule has 1 fully saturated rings. The monoisotopic (exact) mass is 504 g/mol. The van der Waals surface area contributed by atoms with Gasteiger partial charge in [-0.15, -0.1) is 0 Å². The summed E-state index contributed by atoms with van der Waals surface area (Å²) >= 11 is 0. The maximum Gasteiger partial charge on any atom is 0.417 e. The van der Waals surface area contributed by atoms with Crippen molar-refractivity contribution in [2.75, 3.05) is 13.2 Å². The van der Waals surface area contributed by atoms with Crippen molar-refractivity contribution in [1.82, 2.24) is 9.88 Å². The van der Waals surface area contributed by atoms with E-state index in [4.69, 9.17) is 9.84 Å². The average Bonchev–Trinajstić information content (AvgIpc) is 2.88. The van der Waals surface area contributed by atoms with Crippen LogP contribution in [0.3, 0.4) is 0 Å². The van der Waals surface area contributed by atoms with Crippen molar-refractivity contribution in [3.05, 3.63) is 89.9 Å². The lowest BCUT2D eigenvalue weighted by Crippen LogP contribution is -2.43. The van der Waals surface area contributed by atoms with Gasteiger partial charge in [0.05, 0.1) is 17.3 Å². The molecule has 1 N–H and O–H groups in total. The number of hydrogen-bond acceptors (Lipinski definition) is 4. The smallest absolute Gasteiger partial charge is 0.417 e. The van der Waals surface area contributed by atoms with E-state index in [0.717, 1.165) is 17.8 Å². The lowest BCUT2D eigenvalue weighted by atomic mass is 10.0. The van der Waals surface area contributed by atoms with E-state index in [1.165, 1.54) is 18.2 Å². The van der Waals surface area contributed by atoms with Gasteiger partial charge in [-0.3, -0.25) is 4.98 Å². The normalized spacial score (nSPS) is 16.6. The summed E-state index contributed by atoms with van der Waals surface area (Å²) in [6.45, 7) is 2.55. The first kappa shape index (κ1) is 27.1. The van der Waals surface area contributed by atoms with Crippen LogP contribution in [0.15, 0.2) is 72.9 Å². The van der Waals surface area contributed by atoms with Gasteiger partial charge in [-0.05, 0) is 49.6 Å². The fraction of sp³-hybridized carbons (Fsp3) is 0.333. The number of alkyl halides is 3. The Morgan fingerprint density at radius 1 is 1.08 bits per heavy atom. The highest BCUT2D eigenvalue weighted by Gasteiger charge is 2.31. The first-order valence-corrected chi connectivity index (χ1v) is 11.6. The number of hydrogen-bond donors (Lipinski definition) is 1. The minimum atomic E-state index is -4.41. The number of amides is 1. The lowest BCUT2D eigenvalue weighted by Gasteiger charge is -2.35. The molecule has 36 heavy (non-hydrogen) atoms. The van der Waals surface area contributed by atoms with Crippen LogP contribution in [-0.4, -0.2) is 40.3 Å². The van der Waals surface area contributed by atoms with E-state index in [-0.39, 0.29) is 30.7 Å². The zero-order chi connectivity index (χ0) is 26.1. The molecule has 2 unspecified atom stereocenters. The number of rotatable bonds is 6. The van der Waals surface area contributed by atoms with Gasteiger partial charge in [0.15, 0.2) is 0 Å². The predicted molar refractivity (Wildman–Crippen MR) is 127 cm³/mol.